The van der Waals surface area contributed by atoms with Gasteiger partial charge in [-0.15, -0.1) is 11.3 Å². The number of thiazole rings is 1. The first-order valence-electron chi connectivity index (χ1n) is 6.62. The molecule has 0 aliphatic carbocycles. The lowest BCUT2D eigenvalue weighted by Gasteiger charge is -2.03. The van der Waals surface area contributed by atoms with Gasteiger partial charge in [-0.05, 0) is 36.4 Å². The first-order chi connectivity index (χ1) is 10.7. The molecule has 2 aromatic heterocycles. The monoisotopic (exact) mass is 373 g/mol. The number of benzene rings is 1. The Hall–Kier alpha value is -2.05. The maximum Gasteiger partial charge on any atom is 0.251 e. The number of hydrogen-bond acceptors (Lipinski definition) is 4. The summed E-state index contributed by atoms with van der Waals surface area (Å²) in [5, 5.41) is 5.66. The molecule has 0 saturated carbocycles. The Morgan fingerprint density at radius 3 is 2.73 bits per heavy atom. The summed E-state index contributed by atoms with van der Waals surface area (Å²) in [7, 11) is 0. The molecule has 1 amide bonds. The summed E-state index contributed by atoms with van der Waals surface area (Å²) in [6.07, 6.45) is 1.74. The van der Waals surface area contributed by atoms with Gasteiger partial charge in [-0.2, -0.15) is 0 Å². The predicted octanol–water partition coefficient (Wildman–Crippen LogP) is 3.90. The fourth-order valence-electron chi connectivity index (χ4n) is 1.87. The summed E-state index contributed by atoms with van der Waals surface area (Å²) in [4.78, 5) is 20.8. The number of carbonyl (C=O) groups is 1. The number of nitrogens with zero attached hydrogens (tertiary/aromatic N) is 2. The molecule has 3 aromatic rings. The Bertz CT molecular complexity index is 772. The topological polar surface area (TPSA) is 54.9 Å². The van der Waals surface area contributed by atoms with Gasteiger partial charge in [0.15, 0.2) is 0 Å². The van der Waals surface area contributed by atoms with Crippen molar-refractivity contribution in [3.05, 3.63) is 69.8 Å². The van der Waals surface area contributed by atoms with E-state index >= 15 is 0 Å². The summed E-state index contributed by atoms with van der Waals surface area (Å²) < 4.78 is 0.948. The number of rotatable bonds is 4. The van der Waals surface area contributed by atoms with Gasteiger partial charge in [0.2, 0.25) is 0 Å². The van der Waals surface area contributed by atoms with Gasteiger partial charge in [-0.1, -0.05) is 22.0 Å². The highest BCUT2D eigenvalue weighted by Crippen LogP contribution is 2.21. The summed E-state index contributed by atoms with van der Waals surface area (Å²) in [6, 6.07) is 13.0. The van der Waals surface area contributed by atoms with Crippen LogP contribution in [0.4, 0.5) is 0 Å². The van der Waals surface area contributed by atoms with E-state index in [2.05, 4.69) is 31.2 Å². The molecule has 1 aromatic carbocycles. The van der Waals surface area contributed by atoms with Gasteiger partial charge >= 0.3 is 0 Å². The molecule has 0 unspecified atom stereocenters. The third-order valence-electron chi connectivity index (χ3n) is 2.97. The first-order valence-corrected chi connectivity index (χ1v) is 8.29. The molecule has 0 atom stereocenters. The third kappa shape index (κ3) is 3.58. The van der Waals surface area contributed by atoms with Crippen LogP contribution in [0, 0.1) is 0 Å². The van der Waals surface area contributed by atoms with Crippen LogP contribution in [-0.2, 0) is 6.54 Å². The highest BCUT2D eigenvalue weighted by Gasteiger charge is 2.08. The van der Waals surface area contributed by atoms with Gasteiger partial charge < -0.3 is 5.32 Å². The van der Waals surface area contributed by atoms with E-state index in [4.69, 9.17) is 0 Å². The van der Waals surface area contributed by atoms with E-state index in [1.54, 1.807) is 18.3 Å². The van der Waals surface area contributed by atoms with E-state index in [1.165, 1.54) is 11.3 Å². The zero-order valence-corrected chi connectivity index (χ0v) is 13.9. The van der Waals surface area contributed by atoms with Gasteiger partial charge in [0.05, 0.1) is 17.9 Å². The molecule has 4 nitrogen and oxygen atoms in total. The smallest absolute Gasteiger partial charge is 0.251 e. The lowest BCUT2D eigenvalue weighted by atomic mass is 10.2. The van der Waals surface area contributed by atoms with E-state index in [-0.39, 0.29) is 5.91 Å². The minimum Gasteiger partial charge on any atom is -0.346 e. The van der Waals surface area contributed by atoms with Gasteiger partial charge in [0.25, 0.3) is 5.91 Å². The molecule has 0 bridgehead atoms. The molecule has 22 heavy (non-hydrogen) atoms. The van der Waals surface area contributed by atoms with Gasteiger partial charge in [0, 0.05) is 21.6 Å². The highest BCUT2D eigenvalue weighted by atomic mass is 79.9. The zero-order chi connectivity index (χ0) is 15.4. The lowest BCUT2D eigenvalue weighted by Crippen LogP contribution is -2.22. The molecule has 6 heteroatoms. The fourth-order valence-corrected chi connectivity index (χ4v) is 2.93. The standard InChI is InChI=1S/C16H12BrN3OS/c17-12-6-4-11(5-7-12)15(21)19-9-13-10-22-16(20-13)14-3-1-2-8-18-14/h1-8,10H,9H2,(H,19,21). The fraction of sp³-hybridized carbons (Fsp3) is 0.0625. The maximum atomic E-state index is 12.0. The minimum absolute atomic E-state index is 0.111. The van der Waals surface area contributed by atoms with Crippen LogP contribution < -0.4 is 5.32 Å². The number of amides is 1. The van der Waals surface area contributed by atoms with Crippen molar-refractivity contribution in [1.82, 2.24) is 15.3 Å². The van der Waals surface area contributed by atoms with Crippen molar-refractivity contribution in [2.24, 2.45) is 0 Å². The Morgan fingerprint density at radius 1 is 1.18 bits per heavy atom. The van der Waals surface area contributed by atoms with E-state index in [1.807, 2.05) is 35.7 Å². The summed E-state index contributed by atoms with van der Waals surface area (Å²) in [5.41, 5.74) is 2.30. The number of aromatic nitrogens is 2. The number of carbonyl (C=O) groups excluding carboxylic acids is 1. The predicted molar refractivity (Wildman–Crippen MR) is 90.7 cm³/mol. The number of nitrogens with one attached hydrogen (secondary N) is 1. The van der Waals surface area contributed by atoms with Crippen molar-refractivity contribution in [3.63, 3.8) is 0 Å². The average molecular weight is 374 g/mol. The van der Waals surface area contributed by atoms with Crippen LogP contribution in [0.5, 0.6) is 0 Å². The van der Waals surface area contributed by atoms with Gasteiger partial charge in [-0.25, -0.2) is 4.98 Å². The second kappa shape index (κ2) is 6.81. The number of pyridine rings is 1. The molecular formula is C16H12BrN3OS. The Kier molecular flexibility index (Phi) is 4.60. The van der Waals surface area contributed by atoms with Gasteiger partial charge in [0.1, 0.15) is 5.01 Å². The summed E-state index contributed by atoms with van der Waals surface area (Å²) in [5.74, 6) is -0.111. The van der Waals surface area contributed by atoms with E-state index in [0.29, 0.717) is 12.1 Å². The van der Waals surface area contributed by atoms with E-state index in [9.17, 15) is 4.79 Å². The molecule has 0 spiro atoms. The minimum atomic E-state index is -0.111. The normalized spacial score (nSPS) is 10.4. The molecule has 0 aliphatic heterocycles. The zero-order valence-electron chi connectivity index (χ0n) is 11.5. The lowest BCUT2D eigenvalue weighted by molar-refractivity contribution is 0.0950. The van der Waals surface area contributed by atoms with E-state index in [0.717, 1.165) is 20.9 Å². The SMILES string of the molecule is O=C(NCc1csc(-c2ccccn2)n1)c1ccc(Br)cc1. The molecule has 0 radical (unpaired) electrons. The average Bonchev–Trinajstić information content (AvgIpc) is 3.03. The third-order valence-corrected chi connectivity index (χ3v) is 4.41. The highest BCUT2D eigenvalue weighted by molar-refractivity contribution is 9.10. The Labute approximate surface area is 140 Å². The molecule has 0 aliphatic rings. The summed E-state index contributed by atoms with van der Waals surface area (Å²) >= 11 is 4.87. The van der Waals surface area contributed by atoms with Crippen LogP contribution in [0.25, 0.3) is 10.7 Å². The second-order valence-electron chi connectivity index (χ2n) is 4.55. The van der Waals surface area contributed by atoms with Crippen LogP contribution in [0.3, 0.4) is 0 Å². The molecule has 3 rings (SSSR count). The number of hydrogen-bond donors (Lipinski definition) is 1. The summed E-state index contributed by atoms with van der Waals surface area (Å²) in [6.45, 7) is 0.401. The van der Waals surface area contributed by atoms with E-state index < -0.39 is 0 Å². The van der Waals surface area contributed by atoms with Crippen molar-refractivity contribution < 1.29 is 4.79 Å². The van der Waals surface area contributed by atoms with Crippen LogP contribution >= 0.6 is 27.3 Å². The Balaban J connectivity index is 1.64. The molecule has 0 saturated heterocycles. The number of halogens is 1. The van der Waals surface area contributed by atoms with Crippen molar-refractivity contribution in [3.8, 4) is 10.7 Å². The van der Waals surface area contributed by atoms with Gasteiger partial charge in [-0.3, -0.25) is 9.78 Å². The van der Waals surface area contributed by atoms with Crippen molar-refractivity contribution in [2.45, 2.75) is 6.54 Å². The molecular weight excluding hydrogens is 362 g/mol. The largest absolute Gasteiger partial charge is 0.346 e. The quantitative estimate of drug-likeness (QED) is 0.754. The molecule has 110 valence electrons. The van der Waals surface area contributed by atoms with Crippen molar-refractivity contribution in [2.75, 3.05) is 0 Å². The van der Waals surface area contributed by atoms with Crippen molar-refractivity contribution >= 4 is 33.2 Å². The molecule has 2 heterocycles. The van der Waals surface area contributed by atoms with Crippen LogP contribution in [0.1, 0.15) is 16.1 Å². The first kappa shape index (κ1) is 14.9. The second-order valence-corrected chi connectivity index (χ2v) is 6.32. The van der Waals surface area contributed by atoms with Crippen LogP contribution in [0.15, 0.2) is 58.5 Å². The van der Waals surface area contributed by atoms with Crippen molar-refractivity contribution in [1.29, 1.82) is 0 Å². The molecule has 1 N–H and O–H groups in total. The molecule has 0 fully saturated rings. The van der Waals surface area contributed by atoms with Crippen LogP contribution in [-0.4, -0.2) is 15.9 Å². The Morgan fingerprint density at radius 2 is 2.00 bits per heavy atom. The van der Waals surface area contributed by atoms with Crippen LogP contribution in [0.2, 0.25) is 0 Å². The maximum absolute atomic E-state index is 12.0.